The molecule has 2 aromatic rings. The van der Waals surface area contributed by atoms with Gasteiger partial charge in [-0.25, -0.2) is 4.98 Å². The Morgan fingerprint density at radius 3 is 2.68 bits per heavy atom. The first-order chi connectivity index (χ1) is 8.84. The van der Waals surface area contributed by atoms with Crippen molar-refractivity contribution in [1.29, 1.82) is 0 Å². The van der Waals surface area contributed by atoms with Crippen molar-refractivity contribution < 1.29 is 18.3 Å². The monoisotopic (exact) mass is 273 g/mol. The summed E-state index contributed by atoms with van der Waals surface area (Å²) in [7, 11) is 0. The summed E-state index contributed by atoms with van der Waals surface area (Å²) in [6.45, 7) is 1.43. The Morgan fingerprint density at radius 1 is 1.42 bits per heavy atom. The molecule has 1 heterocycles. The van der Waals surface area contributed by atoms with Gasteiger partial charge in [-0.1, -0.05) is 0 Å². The van der Waals surface area contributed by atoms with Crippen LogP contribution in [0.5, 0.6) is 0 Å². The summed E-state index contributed by atoms with van der Waals surface area (Å²) in [5, 5.41) is 8.91. The number of imidazole rings is 1. The number of nitrogens with zero attached hydrogens (tertiary/aromatic N) is 2. The largest absolute Gasteiger partial charge is 0.449 e. The van der Waals surface area contributed by atoms with E-state index in [4.69, 9.17) is 10.8 Å². The van der Waals surface area contributed by atoms with Crippen LogP contribution in [0.1, 0.15) is 25.2 Å². The van der Waals surface area contributed by atoms with E-state index in [1.807, 2.05) is 0 Å². The zero-order chi connectivity index (χ0) is 14.2. The lowest BCUT2D eigenvalue weighted by atomic mass is 10.2. The predicted molar refractivity (Wildman–Crippen MR) is 65.6 cm³/mol. The lowest BCUT2D eigenvalue weighted by Crippen LogP contribution is -2.18. The summed E-state index contributed by atoms with van der Waals surface area (Å²) >= 11 is 0. The smallest absolute Gasteiger partial charge is 0.399 e. The summed E-state index contributed by atoms with van der Waals surface area (Å²) in [5.74, 6) is -0.964. The predicted octanol–water partition coefficient (Wildman–Crippen LogP) is 2.58. The molecule has 4 nitrogen and oxygen atoms in total. The van der Waals surface area contributed by atoms with E-state index in [1.54, 1.807) is 6.92 Å². The summed E-state index contributed by atoms with van der Waals surface area (Å²) in [6, 6.07) is 3.95. The quantitative estimate of drug-likeness (QED) is 0.845. The van der Waals surface area contributed by atoms with Gasteiger partial charge in [-0.05, 0) is 31.5 Å². The highest BCUT2D eigenvalue weighted by Crippen LogP contribution is 2.34. The van der Waals surface area contributed by atoms with Crippen molar-refractivity contribution in [3.63, 3.8) is 0 Å². The van der Waals surface area contributed by atoms with Crippen LogP contribution in [0, 0.1) is 0 Å². The second-order valence-corrected chi connectivity index (χ2v) is 4.41. The molecule has 0 spiro atoms. The fourth-order valence-corrected chi connectivity index (χ4v) is 2.08. The van der Waals surface area contributed by atoms with Gasteiger partial charge < -0.3 is 15.4 Å². The molecule has 2 rings (SSSR count). The third-order valence-corrected chi connectivity index (χ3v) is 2.95. The van der Waals surface area contributed by atoms with Gasteiger partial charge in [-0.3, -0.25) is 0 Å². The van der Waals surface area contributed by atoms with Gasteiger partial charge in [0, 0.05) is 18.3 Å². The minimum atomic E-state index is -4.54. The first kappa shape index (κ1) is 13.7. The molecule has 0 aliphatic carbocycles. The SMILES string of the molecule is CC(CCO)n1c(C(F)(F)F)nc2cc(N)ccc21. The molecule has 0 fully saturated rings. The molecule has 0 saturated heterocycles. The second kappa shape index (κ2) is 4.73. The van der Waals surface area contributed by atoms with Crippen molar-refractivity contribution >= 4 is 16.7 Å². The normalized spacial score (nSPS) is 13.9. The molecule has 3 N–H and O–H groups in total. The first-order valence-corrected chi connectivity index (χ1v) is 5.80. The number of benzene rings is 1. The molecule has 0 saturated carbocycles. The van der Waals surface area contributed by atoms with Crippen LogP contribution in [0.4, 0.5) is 18.9 Å². The van der Waals surface area contributed by atoms with Gasteiger partial charge in [0.1, 0.15) is 0 Å². The molecule has 19 heavy (non-hydrogen) atoms. The maximum atomic E-state index is 13.0. The minimum absolute atomic E-state index is 0.187. The Morgan fingerprint density at radius 2 is 2.11 bits per heavy atom. The number of rotatable bonds is 3. The van der Waals surface area contributed by atoms with E-state index in [-0.39, 0.29) is 18.5 Å². The fraction of sp³-hybridized carbons (Fsp3) is 0.417. The third-order valence-electron chi connectivity index (χ3n) is 2.95. The number of nitrogens with two attached hydrogens (primary N) is 1. The van der Waals surface area contributed by atoms with E-state index < -0.39 is 18.0 Å². The van der Waals surface area contributed by atoms with E-state index in [1.165, 1.54) is 18.2 Å². The number of fused-ring (bicyclic) bond motifs is 1. The van der Waals surface area contributed by atoms with Crippen LogP contribution in [-0.2, 0) is 6.18 Å². The average molecular weight is 273 g/mol. The second-order valence-electron chi connectivity index (χ2n) is 4.41. The van der Waals surface area contributed by atoms with Crippen molar-refractivity contribution in [3.8, 4) is 0 Å². The van der Waals surface area contributed by atoms with Gasteiger partial charge in [-0.15, -0.1) is 0 Å². The van der Waals surface area contributed by atoms with Crippen LogP contribution in [0.2, 0.25) is 0 Å². The zero-order valence-corrected chi connectivity index (χ0v) is 10.3. The van der Waals surface area contributed by atoms with E-state index in [0.717, 1.165) is 4.57 Å². The highest BCUT2D eigenvalue weighted by atomic mass is 19.4. The van der Waals surface area contributed by atoms with Crippen LogP contribution < -0.4 is 5.73 Å². The van der Waals surface area contributed by atoms with Crippen molar-refractivity contribution in [2.24, 2.45) is 0 Å². The number of aliphatic hydroxyl groups excluding tert-OH is 1. The molecule has 0 aliphatic heterocycles. The van der Waals surface area contributed by atoms with E-state index in [2.05, 4.69) is 4.98 Å². The molecule has 1 atom stereocenters. The molecular weight excluding hydrogens is 259 g/mol. The number of alkyl halides is 3. The third kappa shape index (κ3) is 2.51. The first-order valence-electron chi connectivity index (χ1n) is 5.80. The van der Waals surface area contributed by atoms with Crippen molar-refractivity contribution in [2.75, 3.05) is 12.3 Å². The molecule has 0 radical (unpaired) electrons. The van der Waals surface area contributed by atoms with Crippen LogP contribution in [0.3, 0.4) is 0 Å². The molecule has 1 unspecified atom stereocenters. The summed E-state index contributed by atoms with van der Waals surface area (Å²) < 4.78 is 40.1. The Balaban J connectivity index is 2.68. The molecule has 0 amide bonds. The fourth-order valence-electron chi connectivity index (χ4n) is 2.08. The summed E-state index contributed by atoms with van der Waals surface area (Å²) in [5.41, 5.74) is 6.49. The Kier molecular flexibility index (Phi) is 3.40. The number of hydrogen-bond acceptors (Lipinski definition) is 3. The number of anilines is 1. The molecule has 1 aromatic heterocycles. The Hall–Kier alpha value is -1.76. The number of nitrogen functional groups attached to an aromatic ring is 1. The minimum Gasteiger partial charge on any atom is -0.399 e. The van der Waals surface area contributed by atoms with Gasteiger partial charge >= 0.3 is 6.18 Å². The van der Waals surface area contributed by atoms with Crippen LogP contribution in [-0.4, -0.2) is 21.3 Å². The zero-order valence-electron chi connectivity index (χ0n) is 10.3. The highest BCUT2D eigenvalue weighted by Gasteiger charge is 2.38. The molecule has 0 bridgehead atoms. The van der Waals surface area contributed by atoms with Gasteiger partial charge in [0.2, 0.25) is 5.82 Å². The number of aliphatic hydroxyl groups is 1. The molecule has 1 aromatic carbocycles. The maximum absolute atomic E-state index is 13.0. The maximum Gasteiger partial charge on any atom is 0.449 e. The molecule has 104 valence electrons. The lowest BCUT2D eigenvalue weighted by molar-refractivity contribution is -0.147. The highest BCUT2D eigenvalue weighted by molar-refractivity contribution is 5.80. The summed E-state index contributed by atoms with van der Waals surface area (Å²) in [6.07, 6.45) is -4.32. The number of hydrogen-bond donors (Lipinski definition) is 2. The topological polar surface area (TPSA) is 64.1 Å². The standard InChI is InChI=1S/C12H14F3N3O/c1-7(4-5-19)18-10-3-2-8(16)6-9(10)17-11(18)12(13,14)15/h2-3,6-7,19H,4-5,16H2,1H3. The van der Waals surface area contributed by atoms with Crippen molar-refractivity contribution in [2.45, 2.75) is 25.6 Å². The van der Waals surface area contributed by atoms with Crippen LogP contribution in [0.25, 0.3) is 11.0 Å². The van der Waals surface area contributed by atoms with Gasteiger partial charge in [0.05, 0.1) is 11.0 Å². The molecular formula is C12H14F3N3O. The van der Waals surface area contributed by atoms with Gasteiger partial charge in [-0.2, -0.15) is 13.2 Å². The van der Waals surface area contributed by atoms with Crippen LogP contribution in [0.15, 0.2) is 18.2 Å². The van der Waals surface area contributed by atoms with Crippen LogP contribution >= 0.6 is 0 Å². The Labute approximate surface area is 107 Å². The van der Waals surface area contributed by atoms with Crippen molar-refractivity contribution in [1.82, 2.24) is 9.55 Å². The van der Waals surface area contributed by atoms with E-state index in [9.17, 15) is 13.2 Å². The average Bonchev–Trinajstić information content (AvgIpc) is 2.67. The van der Waals surface area contributed by atoms with E-state index >= 15 is 0 Å². The van der Waals surface area contributed by atoms with Gasteiger partial charge in [0.15, 0.2) is 0 Å². The van der Waals surface area contributed by atoms with E-state index in [0.29, 0.717) is 11.2 Å². The molecule has 0 aliphatic rings. The van der Waals surface area contributed by atoms with Gasteiger partial charge in [0.25, 0.3) is 0 Å². The lowest BCUT2D eigenvalue weighted by Gasteiger charge is -2.17. The van der Waals surface area contributed by atoms with Crippen molar-refractivity contribution in [3.05, 3.63) is 24.0 Å². The Bertz CT molecular complexity index is 592. The number of halogens is 3. The summed E-state index contributed by atoms with van der Waals surface area (Å²) in [4.78, 5) is 3.62. The number of aromatic nitrogens is 2. The molecule has 7 heteroatoms.